The maximum atomic E-state index is 12.5. The van der Waals surface area contributed by atoms with Crippen molar-refractivity contribution < 1.29 is 4.79 Å². The Balaban J connectivity index is 1.39. The minimum absolute atomic E-state index is 0.0111. The summed E-state index contributed by atoms with van der Waals surface area (Å²) in [5, 5.41) is 7.56. The predicted octanol–water partition coefficient (Wildman–Crippen LogP) is 4.00. The molecule has 1 saturated heterocycles. The lowest BCUT2D eigenvalue weighted by Gasteiger charge is -2.30. The lowest BCUT2D eigenvalue weighted by Crippen LogP contribution is -2.40. The molecule has 1 amide bonds. The maximum absolute atomic E-state index is 12.5. The van der Waals surface area contributed by atoms with Crippen LogP contribution in [-0.4, -0.2) is 53.0 Å². The molecule has 2 aliphatic rings. The van der Waals surface area contributed by atoms with Crippen molar-refractivity contribution in [1.82, 2.24) is 20.2 Å². The molecule has 2 N–H and O–H groups in total. The first-order chi connectivity index (χ1) is 15.0. The molecule has 1 aliphatic carbocycles. The number of rotatable bonds is 5. The fraction of sp³-hybridized carbons (Fsp3) is 0.400. The molecule has 2 heterocycles. The van der Waals surface area contributed by atoms with Crippen LogP contribution >= 0.6 is 0 Å². The van der Waals surface area contributed by atoms with Gasteiger partial charge in [-0.1, -0.05) is 12.1 Å². The van der Waals surface area contributed by atoms with Crippen LogP contribution < -0.4 is 10.6 Å². The van der Waals surface area contributed by atoms with Gasteiger partial charge in [0.2, 0.25) is 5.95 Å². The molecule has 2 aromatic carbocycles. The molecule has 1 aromatic heterocycles. The molecule has 1 aliphatic heterocycles. The van der Waals surface area contributed by atoms with Crippen LogP contribution in [0, 0.1) is 6.92 Å². The first kappa shape index (κ1) is 19.9. The summed E-state index contributed by atoms with van der Waals surface area (Å²) >= 11 is 0. The number of hydrogen-bond acceptors (Lipinski definition) is 5. The minimum atomic E-state index is 0.0111. The van der Waals surface area contributed by atoms with Gasteiger partial charge in [0.05, 0.1) is 5.52 Å². The number of nitrogens with zero attached hydrogens (tertiary/aromatic N) is 3. The number of aryl methyl sites for hydroxylation is 1. The first-order valence-corrected chi connectivity index (χ1v) is 11.2. The summed E-state index contributed by atoms with van der Waals surface area (Å²) in [5.74, 6) is 0.701. The standard InChI is InChI=1S/C25H29N5O/c1-16-5-6-18(24(31)27-20-8-9-20)13-22(16)17-7-10-23-19(12-17)14-26-25(29-23)28-21-4-3-11-30(2)15-21/h5-7,10,12-14,20-21H,3-4,8-9,11,15H2,1-2H3,(H,27,31)(H,26,28,29)/t21-/m0/s1. The molecule has 1 atom stereocenters. The maximum Gasteiger partial charge on any atom is 0.251 e. The Kier molecular flexibility index (Phi) is 5.32. The van der Waals surface area contributed by atoms with Crippen molar-refractivity contribution >= 4 is 22.8 Å². The van der Waals surface area contributed by atoms with Gasteiger partial charge in [-0.15, -0.1) is 0 Å². The van der Waals surface area contributed by atoms with Crippen molar-refractivity contribution in [2.24, 2.45) is 0 Å². The Hall–Kier alpha value is -2.99. The molecule has 160 valence electrons. The summed E-state index contributed by atoms with van der Waals surface area (Å²) in [5.41, 5.74) is 4.91. The second-order valence-corrected chi connectivity index (χ2v) is 8.99. The van der Waals surface area contributed by atoms with Gasteiger partial charge in [-0.05, 0) is 87.2 Å². The number of carbonyl (C=O) groups is 1. The summed E-state index contributed by atoms with van der Waals surface area (Å²) in [6, 6.07) is 12.9. The number of nitrogens with one attached hydrogen (secondary N) is 2. The van der Waals surface area contributed by atoms with E-state index in [1.807, 2.05) is 30.5 Å². The van der Waals surface area contributed by atoms with Crippen LogP contribution in [0.5, 0.6) is 0 Å². The summed E-state index contributed by atoms with van der Waals surface area (Å²) < 4.78 is 0. The van der Waals surface area contributed by atoms with Crippen LogP contribution in [0.2, 0.25) is 0 Å². The van der Waals surface area contributed by atoms with E-state index in [-0.39, 0.29) is 5.91 Å². The summed E-state index contributed by atoms with van der Waals surface area (Å²) in [6.07, 6.45) is 6.41. The number of amides is 1. The number of benzene rings is 2. The Morgan fingerprint density at radius 3 is 2.77 bits per heavy atom. The number of carbonyl (C=O) groups excluding carboxylic acids is 1. The zero-order chi connectivity index (χ0) is 21.4. The van der Waals surface area contributed by atoms with Gasteiger partial charge in [0.1, 0.15) is 0 Å². The van der Waals surface area contributed by atoms with Crippen LogP contribution in [0.1, 0.15) is 41.6 Å². The highest BCUT2D eigenvalue weighted by atomic mass is 16.1. The fourth-order valence-corrected chi connectivity index (χ4v) is 4.31. The van der Waals surface area contributed by atoms with Crippen LogP contribution in [0.3, 0.4) is 0 Å². The van der Waals surface area contributed by atoms with Crippen LogP contribution in [0.25, 0.3) is 22.0 Å². The molecule has 2 fully saturated rings. The molecular weight excluding hydrogens is 386 g/mol. The van der Waals surface area contributed by atoms with E-state index in [0.29, 0.717) is 23.6 Å². The lowest BCUT2D eigenvalue weighted by atomic mass is 9.97. The Morgan fingerprint density at radius 2 is 1.97 bits per heavy atom. The van der Waals surface area contributed by atoms with Crippen LogP contribution in [0.4, 0.5) is 5.95 Å². The predicted molar refractivity (Wildman–Crippen MR) is 124 cm³/mol. The number of likely N-dealkylation sites (N-methyl/N-ethyl adjacent to an activating group) is 1. The highest BCUT2D eigenvalue weighted by molar-refractivity contribution is 5.96. The number of fused-ring (bicyclic) bond motifs is 1. The average molecular weight is 416 g/mol. The number of hydrogen-bond donors (Lipinski definition) is 2. The van der Waals surface area contributed by atoms with Crippen LogP contribution in [0.15, 0.2) is 42.6 Å². The largest absolute Gasteiger partial charge is 0.350 e. The Morgan fingerprint density at radius 1 is 1.10 bits per heavy atom. The zero-order valence-corrected chi connectivity index (χ0v) is 18.2. The lowest BCUT2D eigenvalue weighted by molar-refractivity contribution is 0.0951. The van der Waals surface area contributed by atoms with Gasteiger partial charge in [-0.2, -0.15) is 0 Å². The average Bonchev–Trinajstić information content (AvgIpc) is 3.58. The SMILES string of the molecule is Cc1ccc(C(=O)NC2CC2)cc1-c1ccc2nc(N[C@H]3CCCN(C)C3)ncc2c1. The first-order valence-electron chi connectivity index (χ1n) is 11.2. The monoisotopic (exact) mass is 415 g/mol. The molecule has 3 aromatic rings. The highest BCUT2D eigenvalue weighted by Crippen LogP contribution is 2.28. The van der Waals surface area contributed by atoms with E-state index in [1.54, 1.807) is 0 Å². The third kappa shape index (κ3) is 4.54. The molecule has 31 heavy (non-hydrogen) atoms. The van der Waals surface area contributed by atoms with Crippen molar-refractivity contribution in [1.29, 1.82) is 0 Å². The van der Waals surface area contributed by atoms with Crippen molar-refractivity contribution in [3.63, 3.8) is 0 Å². The van der Waals surface area contributed by atoms with Crippen molar-refractivity contribution in [3.05, 3.63) is 53.7 Å². The normalized spacial score (nSPS) is 19.4. The molecule has 6 nitrogen and oxygen atoms in total. The topological polar surface area (TPSA) is 70.2 Å². The fourth-order valence-electron chi connectivity index (χ4n) is 4.31. The number of likely N-dealkylation sites (tertiary alicyclic amines) is 1. The third-order valence-corrected chi connectivity index (χ3v) is 6.26. The summed E-state index contributed by atoms with van der Waals surface area (Å²) in [6.45, 7) is 4.25. The van der Waals surface area contributed by atoms with E-state index in [9.17, 15) is 4.79 Å². The summed E-state index contributed by atoms with van der Waals surface area (Å²) in [4.78, 5) is 24.1. The van der Waals surface area contributed by atoms with Crippen LogP contribution in [-0.2, 0) is 0 Å². The molecule has 0 radical (unpaired) electrons. The van der Waals surface area contributed by atoms with Gasteiger partial charge in [-0.25, -0.2) is 9.97 Å². The van der Waals surface area contributed by atoms with Crippen molar-refractivity contribution in [2.75, 3.05) is 25.5 Å². The van der Waals surface area contributed by atoms with Gasteiger partial charge in [-0.3, -0.25) is 4.79 Å². The molecule has 0 unspecified atom stereocenters. The van der Waals surface area contributed by atoms with Gasteiger partial charge >= 0.3 is 0 Å². The zero-order valence-electron chi connectivity index (χ0n) is 18.2. The molecule has 0 bridgehead atoms. The molecule has 6 heteroatoms. The Labute approximate surface area is 183 Å². The highest BCUT2D eigenvalue weighted by Gasteiger charge is 2.24. The van der Waals surface area contributed by atoms with E-state index >= 15 is 0 Å². The quantitative estimate of drug-likeness (QED) is 0.659. The number of anilines is 1. The van der Waals surface area contributed by atoms with Gasteiger partial charge in [0, 0.05) is 35.8 Å². The second kappa shape index (κ2) is 8.27. The number of piperidine rings is 1. The minimum Gasteiger partial charge on any atom is -0.350 e. The smallest absolute Gasteiger partial charge is 0.251 e. The van der Waals surface area contributed by atoms with E-state index in [0.717, 1.165) is 59.9 Å². The van der Waals surface area contributed by atoms with E-state index in [1.165, 1.54) is 6.42 Å². The molecule has 1 saturated carbocycles. The summed E-state index contributed by atoms with van der Waals surface area (Å²) in [7, 11) is 2.16. The van der Waals surface area contributed by atoms with Gasteiger partial charge in [0.25, 0.3) is 5.91 Å². The third-order valence-electron chi connectivity index (χ3n) is 6.26. The van der Waals surface area contributed by atoms with Crippen molar-refractivity contribution in [3.8, 4) is 11.1 Å². The molecule has 0 spiro atoms. The Bertz CT molecular complexity index is 1120. The molecule has 5 rings (SSSR count). The van der Waals surface area contributed by atoms with Crippen molar-refractivity contribution in [2.45, 2.75) is 44.7 Å². The number of aromatic nitrogens is 2. The van der Waals surface area contributed by atoms with Gasteiger partial charge in [0.15, 0.2) is 0 Å². The van der Waals surface area contributed by atoms with E-state index in [2.05, 4.69) is 46.6 Å². The van der Waals surface area contributed by atoms with Gasteiger partial charge < -0.3 is 15.5 Å². The van der Waals surface area contributed by atoms with E-state index < -0.39 is 0 Å². The van der Waals surface area contributed by atoms with E-state index in [4.69, 9.17) is 4.98 Å². The molecular formula is C25H29N5O. The second-order valence-electron chi connectivity index (χ2n) is 8.99.